The fraction of sp³-hybridized carbons (Fsp3) is 0.500. The van der Waals surface area contributed by atoms with Crippen LogP contribution in [0.1, 0.15) is 63.9 Å². The molecule has 0 bridgehead atoms. The summed E-state index contributed by atoms with van der Waals surface area (Å²) in [5, 5.41) is 0. The Morgan fingerprint density at radius 1 is 1.28 bits per heavy atom. The van der Waals surface area contributed by atoms with Crippen LogP contribution in [0.25, 0.3) is 0 Å². The van der Waals surface area contributed by atoms with Crippen molar-refractivity contribution in [2.75, 3.05) is 13.2 Å². The molecule has 1 heterocycles. The Hall–Kier alpha value is -2.83. The summed E-state index contributed by atoms with van der Waals surface area (Å²) in [6, 6.07) is 5.27. The van der Waals surface area contributed by atoms with Crippen molar-refractivity contribution in [1.29, 1.82) is 0 Å². The van der Waals surface area contributed by atoms with Gasteiger partial charge in [-0.1, -0.05) is 39.5 Å². The van der Waals surface area contributed by atoms with Gasteiger partial charge < -0.3 is 20.1 Å². The first-order valence-electron chi connectivity index (χ1n) is 9.74. The number of carbonyl (C=O) groups excluding carboxylic acids is 3. The van der Waals surface area contributed by atoms with Crippen molar-refractivity contribution in [3.63, 3.8) is 0 Å². The van der Waals surface area contributed by atoms with E-state index in [0.29, 0.717) is 30.9 Å². The van der Waals surface area contributed by atoms with E-state index in [-0.39, 0.29) is 24.0 Å². The van der Waals surface area contributed by atoms with E-state index in [1.165, 1.54) is 4.90 Å². The minimum absolute atomic E-state index is 0.0750. The minimum atomic E-state index is -0.523. The lowest BCUT2D eigenvalue weighted by atomic mass is 10.1. The molecule has 1 aromatic rings. The van der Waals surface area contributed by atoms with Crippen LogP contribution in [-0.2, 0) is 20.9 Å². The van der Waals surface area contributed by atoms with Crippen LogP contribution in [0.4, 0.5) is 0 Å². The van der Waals surface area contributed by atoms with Crippen LogP contribution in [0.15, 0.2) is 30.9 Å². The van der Waals surface area contributed by atoms with Gasteiger partial charge in [-0.25, -0.2) is 0 Å². The van der Waals surface area contributed by atoms with Crippen molar-refractivity contribution < 1.29 is 23.9 Å². The van der Waals surface area contributed by atoms with Crippen LogP contribution in [-0.4, -0.2) is 41.4 Å². The van der Waals surface area contributed by atoms with Gasteiger partial charge in [0.15, 0.2) is 0 Å². The number of ether oxygens (including phenoxy) is 2. The van der Waals surface area contributed by atoms with Crippen LogP contribution in [0.2, 0.25) is 0 Å². The summed E-state index contributed by atoms with van der Waals surface area (Å²) < 4.78 is 10.4. The number of fused-ring (bicyclic) bond motifs is 1. The van der Waals surface area contributed by atoms with Gasteiger partial charge in [0.25, 0.3) is 5.91 Å². The third-order valence-corrected chi connectivity index (χ3v) is 3.41. The van der Waals surface area contributed by atoms with Gasteiger partial charge in [0.05, 0.1) is 13.1 Å². The Labute approximate surface area is 173 Å². The van der Waals surface area contributed by atoms with E-state index in [1.807, 2.05) is 34.6 Å². The van der Waals surface area contributed by atoms with Crippen molar-refractivity contribution in [1.82, 2.24) is 4.90 Å². The summed E-state index contributed by atoms with van der Waals surface area (Å²) in [5.41, 5.74) is 6.15. The topological polar surface area (TPSA) is 98.9 Å². The van der Waals surface area contributed by atoms with E-state index >= 15 is 0 Å². The predicted octanol–water partition coefficient (Wildman–Crippen LogP) is 3.46. The average Bonchev–Trinajstić information content (AvgIpc) is 2.96. The molecule has 162 valence electrons. The molecule has 2 amide bonds. The largest absolute Gasteiger partial charge is 0.489 e. The number of hydrogen-bond acceptors (Lipinski definition) is 5. The average molecular weight is 407 g/mol. The first kappa shape index (κ1) is 26.2. The smallest absolute Gasteiger partial charge is 0.306 e. The van der Waals surface area contributed by atoms with Gasteiger partial charge in [-0.3, -0.25) is 14.4 Å². The van der Waals surface area contributed by atoms with E-state index in [1.54, 1.807) is 31.2 Å². The Bertz CT molecular complexity index is 708. The van der Waals surface area contributed by atoms with Crippen molar-refractivity contribution >= 4 is 17.8 Å². The number of rotatable bonds is 6. The maximum atomic E-state index is 12.0. The van der Waals surface area contributed by atoms with E-state index in [2.05, 4.69) is 6.58 Å². The fourth-order valence-electron chi connectivity index (χ4n) is 2.38. The summed E-state index contributed by atoms with van der Waals surface area (Å²) >= 11 is 0. The number of hydrogen-bond donors (Lipinski definition) is 1. The second-order valence-electron chi connectivity index (χ2n) is 6.95. The number of carbonyl (C=O) groups is 3. The minimum Gasteiger partial charge on any atom is -0.489 e. The van der Waals surface area contributed by atoms with Crippen molar-refractivity contribution in [2.45, 2.75) is 60.1 Å². The molecule has 2 rings (SSSR count). The van der Waals surface area contributed by atoms with Gasteiger partial charge in [-0.15, -0.1) is 0 Å². The lowest BCUT2D eigenvalue weighted by Crippen LogP contribution is -2.33. The molecule has 0 spiro atoms. The van der Waals surface area contributed by atoms with Gasteiger partial charge in [0, 0.05) is 17.5 Å². The number of nitrogens with zero attached hydrogens (tertiary/aromatic N) is 1. The molecule has 0 unspecified atom stereocenters. The van der Waals surface area contributed by atoms with E-state index < -0.39 is 5.91 Å². The highest BCUT2D eigenvalue weighted by molar-refractivity contribution is 6.00. The molecular weight excluding hydrogens is 372 g/mol. The third-order valence-electron chi connectivity index (χ3n) is 3.41. The molecule has 7 nitrogen and oxygen atoms in total. The molecule has 0 saturated carbocycles. The van der Waals surface area contributed by atoms with Gasteiger partial charge in [0.2, 0.25) is 5.91 Å². The summed E-state index contributed by atoms with van der Waals surface area (Å²) in [5.74, 6) is -0.201. The summed E-state index contributed by atoms with van der Waals surface area (Å²) in [4.78, 5) is 34.9. The van der Waals surface area contributed by atoms with Crippen LogP contribution in [0.5, 0.6) is 5.75 Å². The van der Waals surface area contributed by atoms with E-state index in [9.17, 15) is 14.4 Å². The normalized spacial score (nSPS) is 11.9. The molecule has 1 aliphatic rings. The van der Waals surface area contributed by atoms with E-state index in [0.717, 1.165) is 5.56 Å². The lowest BCUT2D eigenvalue weighted by molar-refractivity contribution is -0.154. The fourth-order valence-corrected chi connectivity index (χ4v) is 2.38. The first-order chi connectivity index (χ1) is 13.6. The molecule has 1 aromatic carbocycles. The molecular formula is C22H34N2O5. The third kappa shape index (κ3) is 9.27. The Morgan fingerprint density at radius 2 is 1.90 bits per heavy atom. The number of primary amides is 1. The van der Waals surface area contributed by atoms with Gasteiger partial charge >= 0.3 is 5.97 Å². The Balaban J connectivity index is 0.000000606. The van der Waals surface area contributed by atoms with Crippen molar-refractivity contribution in [3.8, 4) is 5.75 Å². The van der Waals surface area contributed by atoms with Gasteiger partial charge in [0.1, 0.15) is 18.0 Å². The molecule has 2 N–H and O–H groups in total. The zero-order chi connectivity index (χ0) is 22.6. The second-order valence-corrected chi connectivity index (χ2v) is 6.95. The molecule has 7 heteroatoms. The first-order valence-corrected chi connectivity index (χ1v) is 9.74. The zero-order valence-electron chi connectivity index (χ0n) is 18.4. The molecule has 0 atom stereocenters. The highest BCUT2D eigenvalue weighted by Crippen LogP contribution is 2.30. The Morgan fingerprint density at radius 3 is 2.34 bits per heavy atom. The summed E-state index contributed by atoms with van der Waals surface area (Å²) in [6.45, 7) is 15.6. The molecule has 0 radical (unpaired) electrons. The second kappa shape index (κ2) is 12.6. The van der Waals surface area contributed by atoms with Crippen LogP contribution < -0.4 is 10.5 Å². The van der Waals surface area contributed by atoms with Crippen molar-refractivity contribution in [3.05, 3.63) is 42.0 Å². The number of amides is 2. The molecule has 29 heavy (non-hydrogen) atoms. The predicted molar refractivity (Wildman–Crippen MR) is 114 cm³/mol. The summed E-state index contributed by atoms with van der Waals surface area (Å²) in [6.07, 6.45) is 2.09. The van der Waals surface area contributed by atoms with Crippen LogP contribution >= 0.6 is 0 Å². The Kier molecular flexibility index (Phi) is 11.4. The van der Waals surface area contributed by atoms with Crippen LogP contribution in [0, 0.1) is 0 Å². The highest BCUT2D eigenvalue weighted by Gasteiger charge is 2.30. The monoisotopic (exact) mass is 406 g/mol. The number of esters is 1. The van der Waals surface area contributed by atoms with Crippen molar-refractivity contribution in [2.24, 2.45) is 5.73 Å². The zero-order valence-corrected chi connectivity index (χ0v) is 18.4. The van der Waals surface area contributed by atoms with Gasteiger partial charge in [-0.2, -0.15) is 0 Å². The number of nitrogens with two attached hydrogens (primary N) is 1. The van der Waals surface area contributed by atoms with E-state index in [4.69, 9.17) is 15.2 Å². The molecule has 1 aliphatic heterocycles. The number of benzene rings is 1. The summed E-state index contributed by atoms with van der Waals surface area (Å²) in [7, 11) is 0. The standard InChI is InChI=1S/C13H14N2O3.C7H14O2.C2H6/c1-2-6-18-11-5-3-4-9-10(11)7-15(13(9)17)8-12(14)16;1-5-6(8)9-7(2,3)4;1-2/h2-5H,1,6-8H2,(H2,14,16);5H2,1-4H3;1-2H3. The highest BCUT2D eigenvalue weighted by atomic mass is 16.6. The maximum absolute atomic E-state index is 12.0. The molecule has 0 fully saturated rings. The quantitative estimate of drug-likeness (QED) is 0.576. The van der Waals surface area contributed by atoms with Gasteiger partial charge in [-0.05, 0) is 32.9 Å². The molecule has 0 saturated heterocycles. The van der Waals surface area contributed by atoms with Crippen LogP contribution in [0.3, 0.4) is 0 Å². The maximum Gasteiger partial charge on any atom is 0.306 e. The lowest BCUT2D eigenvalue weighted by Gasteiger charge is -2.18. The SMILES string of the molecule is C=CCOc1cccc2c1CN(CC(N)=O)C2=O.CC.CCC(=O)OC(C)(C)C. The molecule has 0 aromatic heterocycles. The molecule has 0 aliphatic carbocycles.